The lowest BCUT2D eigenvalue weighted by Crippen LogP contribution is -2.12. The highest BCUT2D eigenvalue weighted by Gasteiger charge is 2.09. The van der Waals surface area contributed by atoms with E-state index in [1.54, 1.807) is 6.07 Å². The number of aromatic nitrogens is 1. The smallest absolute Gasteiger partial charge is 0.255 e. The number of hydrogen-bond donors (Lipinski definition) is 1. The molecule has 0 bridgehead atoms. The Hall–Kier alpha value is -1.75. The van der Waals surface area contributed by atoms with Crippen molar-refractivity contribution < 1.29 is 9.18 Å². The number of anilines is 1. The van der Waals surface area contributed by atoms with Crippen molar-refractivity contribution in [3.05, 3.63) is 58.1 Å². The summed E-state index contributed by atoms with van der Waals surface area (Å²) >= 11 is 3.36. The van der Waals surface area contributed by atoms with Crippen molar-refractivity contribution in [2.75, 3.05) is 5.32 Å². The maximum Gasteiger partial charge on any atom is 0.255 e. The largest absolute Gasteiger partial charge is 0.321 e. The van der Waals surface area contributed by atoms with Crippen LogP contribution >= 0.6 is 15.9 Å². The van der Waals surface area contributed by atoms with Gasteiger partial charge in [0.05, 0.1) is 5.69 Å². The molecular weight excluding hydrogens is 299 g/mol. The molecule has 0 unspecified atom stereocenters. The van der Waals surface area contributed by atoms with Gasteiger partial charge >= 0.3 is 0 Å². The fourth-order valence-electron chi connectivity index (χ4n) is 1.46. The predicted molar refractivity (Wildman–Crippen MR) is 71.0 cm³/mol. The molecule has 3 nitrogen and oxygen atoms in total. The lowest BCUT2D eigenvalue weighted by atomic mass is 10.2. The molecule has 1 amide bonds. The summed E-state index contributed by atoms with van der Waals surface area (Å²) in [5.74, 6) is -1.05. The zero-order valence-corrected chi connectivity index (χ0v) is 11.2. The van der Waals surface area contributed by atoms with Crippen molar-refractivity contribution >= 4 is 27.5 Å². The van der Waals surface area contributed by atoms with Crippen LogP contribution in [0.4, 0.5) is 10.1 Å². The van der Waals surface area contributed by atoms with Crippen molar-refractivity contribution in [3.63, 3.8) is 0 Å². The maximum atomic E-state index is 12.9. The van der Waals surface area contributed by atoms with Gasteiger partial charge in [-0.15, -0.1) is 0 Å². The number of rotatable bonds is 2. The van der Waals surface area contributed by atoms with Gasteiger partial charge in [-0.2, -0.15) is 4.39 Å². The highest BCUT2D eigenvalue weighted by atomic mass is 79.9. The molecule has 0 aliphatic rings. The first-order chi connectivity index (χ1) is 8.56. The molecule has 0 saturated heterocycles. The SMILES string of the molecule is Cc1ccc(NC(=O)c2ccnc(F)c2)c(Br)c1. The number of halogens is 2. The maximum absolute atomic E-state index is 12.9. The molecule has 1 aromatic heterocycles. The van der Waals surface area contributed by atoms with Crippen LogP contribution in [0.2, 0.25) is 0 Å². The first kappa shape index (κ1) is 12.7. The number of carbonyl (C=O) groups is 1. The third kappa shape index (κ3) is 2.92. The lowest BCUT2D eigenvalue weighted by Gasteiger charge is -2.08. The number of amides is 1. The number of nitrogens with zero attached hydrogens (tertiary/aromatic N) is 1. The highest BCUT2D eigenvalue weighted by molar-refractivity contribution is 9.10. The summed E-state index contributed by atoms with van der Waals surface area (Å²) in [4.78, 5) is 15.3. The normalized spacial score (nSPS) is 10.2. The van der Waals surface area contributed by atoms with Gasteiger partial charge in [-0.05, 0) is 46.6 Å². The van der Waals surface area contributed by atoms with Gasteiger partial charge in [0.1, 0.15) is 0 Å². The molecule has 0 atom stereocenters. The monoisotopic (exact) mass is 308 g/mol. The van der Waals surface area contributed by atoms with E-state index in [4.69, 9.17) is 0 Å². The second kappa shape index (κ2) is 5.27. The van der Waals surface area contributed by atoms with Gasteiger partial charge in [-0.3, -0.25) is 4.79 Å². The summed E-state index contributed by atoms with van der Waals surface area (Å²) in [6, 6.07) is 8.11. The van der Waals surface area contributed by atoms with Crippen LogP contribution < -0.4 is 5.32 Å². The van der Waals surface area contributed by atoms with E-state index in [-0.39, 0.29) is 11.5 Å². The number of hydrogen-bond acceptors (Lipinski definition) is 2. The fraction of sp³-hybridized carbons (Fsp3) is 0.0769. The molecule has 0 spiro atoms. The topological polar surface area (TPSA) is 42.0 Å². The average Bonchev–Trinajstić information content (AvgIpc) is 2.32. The van der Waals surface area contributed by atoms with Gasteiger partial charge in [-0.1, -0.05) is 6.07 Å². The molecule has 0 radical (unpaired) electrons. The van der Waals surface area contributed by atoms with E-state index in [9.17, 15) is 9.18 Å². The van der Waals surface area contributed by atoms with Crippen molar-refractivity contribution in [1.29, 1.82) is 0 Å². The van der Waals surface area contributed by atoms with Gasteiger partial charge < -0.3 is 5.32 Å². The van der Waals surface area contributed by atoms with Gasteiger partial charge in [0.15, 0.2) is 0 Å². The van der Waals surface area contributed by atoms with Gasteiger partial charge in [0.2, 0.25) is 5.95 Å². The van der Waals surface area contributed by atoms with Crippen LogP contribution in [0.25, 0.3) is 0 Å². The Kier molecular flexibility index (Phi) is 3.72. The van der Waals surface area contributed by atoms with Crippen LogP contribution in [-0.2, 0) is 0 Å². The molecule has 92 valence electrons. The van der Waals surface area contributed by atoms with E-state index in [2.05, 4.69) is 26.2 Å². The Morgan fingerprint density at radius 3 is 2.78 bits per heavy atom. The molecule has 0 fully saturated rings. The molecular formula is C13H10BrFN2O. The Morgan fingerprint density at radius 2 is 2.11 bits per heavy atom. The Morgan fingerprint density at radius 1 is 1.33 bits per heavy atom. The van der Waals surface area contributed by atoms with E-state index in [1.807, 2.05) is 19.1 Å². The number of aryl methyl sites for hydroxylation is 1. The second-order valence-corrected chi connectivity index (χ2v) is 4.66. The molecule has 1 N–H and O–H groups in total. The number of carbonyl (C=O) groups excluding carboxylic acids is 1. The third-order valence-corrected chi connectivity index (χ3v) is 3.02. The minimum Gasteiger partial charge on any atom is -0.321 e. The van der Waals surface area contributed by atoms with Gasteiger partial charge in [0.25, 0.3) is 5.91 Å². The van der Waals surface area contributed by atoms with Crippen molar-refractivity contribution in [1.82, 2.24) is 4.98 Å². The van der Waals surface area contributed by atoms with E-state index in [0.29, 0.717) is 5.69 Å². The molecule has 1 heterocycles. The minimum absolute atomic E-state index is 0.231. The van der Waals surface area contributed by atoms with Crippen LogP contribution in [0, 0.1) is 12.9 Å². The van der Waals surface area contributed by atoms with Crippen LogP contribution in [0.5, 0.6) is 0 Å². The predicted octanol–water partition coefficient (Wildman–Crippen LogP) is 3.54. The van der Waals surface area contributed by atoms with E-state index < -0.39 is 5.95 Å². The third-order valence-electron chi connectivity index (χ3n) is 2.36. The summed E-state index contributed by atoms with van der Waals surface area (Å²) in [6.07, 6.45) is 1.26. The highest BCUT2D eigenvalue weighted by Crippen LogP contribution is 2.23. The molecule has 0 aliphatic heterocycles. The Labute approximate surface area is 112 Å². The summed E-state index contributed by atoms with van der Waals surface area (Å²) in [5, 5.41) is 2.70. The number of benzene rings is 1. The first-order valence-electron chi connectivity index (χ1n) is 5.25. The molecule has 0 aliphatic carbocycles. The van der Waals surface area contributed by atoms with Crippen LogP contribution in [-0.4, -0.2) is 10.9 Å². The van der Waals surface area contributed by atoms with E-state index >= 15 is 0 Å². The summed E-state index contributed by atoms with van der Waals surface area (Å²) in [7, 11) is 0. The van der Waals surface area contributed by atoms with Crippen LogP contribution in [0.15, 0.2) is 41.0 Å². The number of nitrogens with one attached hydrogen (secondary N) is 1. The molecule has 2 aromatic rings. The zero-order chi connectivity index (χ0) is 13.1. The molecule has 0 saturated carbocycles. The average molecular weight is 309 g/mol. The Balaban J connectivity index is 2.21. The van der Waals surface area contributed by atoms with Crippen molar-refractivity contribution in [2.45, 2.75) is 6.92 Å². The van der Waals surface area contributed by atoms with Gasteiger partial charge in [-0.25, -0.2) is 4.98 Å². The van der Waals surface area contributed by atoms with Crippen LogP contribution in [0.1, 0.15) is 15.9 Å². The van der Waals surface area contributed by atoms with Crippen LogP contribution in [0.3, 0.4) is 0 Å². The molecule has 1 aromatic carbocycles. The quantitative estimate of drug-likeness (QED) is 0.862. The first-order valence-corrected chi connectivity index (χ1v) is 6.04. The minimum atomic E-state index is -0.675. The second-order valence-electron chi connectivity index (χ2n) is 3.80. The van der Waals surface area contributed by atoms with Gasteiger partial charge in [0, 0.05) is 22.3 Å². The summed E-state index contributed by atoms with van der Waals surface area (Å²) in [5.41, 5.74) is 1.95. The van der Waals surface area contributed by atoms with E-state index in [0.717, 1.165) is 16.1 Å². The summed E-state index contributed by atoms with van der Waals surface area (Å²) in [6.45, 7) is 1.95. The Bertz CT molecular complexity index is 601. The standard InChI is InChI=1S/C13H10BrFN2O/c1-8-2-3-11(10(14)6-8)17-13(18)9-4-5-16-12(15)7-9/h2-7H,1H3,(H,17,18). The number of pyridine rings is 1. The van der Waals surface area contributed by atoms with E-state index in [1.165, 1.54) is 12.3 Å². The molecule has 18 heavy (non-hydrogen) atoms. The fourth-order valence-corrected chi connectivity index (χ4v) is 2.05. The molecule has 2 rings (SSSR count). The molecule has 5 heteroatoms. The zero-order valence-electron chi connectivity index (χ0n) is 9.58. The summed E-state index contributed by atoms with van der Waals surface area (Å²) < 4.78 is 13.7. The van der Waals surface area contributed by atoms with Crippen molar-refractivity contribution in [2.24, 2.45) is 0 Å². The van der Waals surface area contributed by atoms with Crippen molar-refractivity contribution in [3.8, 4) is 0 Å². The lowest BCUT2D eigenvalue weighted by molar-refractivity contribution is 0.102.